The number of aromatic nitrogens is 1. The number of nitrogens with two attached hydrogens (primary N) is 1. The van der Waals surface area contributed by atoms with Crippen molar-refractivity contribution in [2.24, 2.45) is 5.73 Å². The molecule has 2 N–H and O–H groups in total. The van der Waals surface area contributed by atoms with Gasteiger partial charge < -0.3 is 10.6 Å². The largest absolute Gasteiger partial charge is 0.389 e. The molecule has 0 spiro atoms. The van der Waals surface area contributed by atoms with Crippen molar-refractivity contribution >= 4 is 44.7 Å². The number of rotatable bonds is 3. The van der Waals surface area contributed by atoms with E-state index in [-0.39, 0.29) is 5.91 Å². The topological polar surface area (TPSA) is 59.2 Å². The molecule has 0 aliphatic heterocycles. The van der Waals surface area contributed by atoms with Crippen LogP contribution in [0, 0.1) is 0 Å². The van der Waals surface area contributed by atoms with Crippen LogP contribution in [0.15, 0.2) is 47.2 Å². The number of carbonyl (C=O) groups is 1. The van der Waals surface area contributed by atoms with E-state index in [4.69, 9.17) is 18.0 Å². The Bertz CT molecular complexity index is 675. The first-order valence-electron chi connectivity index (χ1n) is 5.77. The summed E-state index contributed by atoms with van der Waals surface area (Å²) in [6.07, 6.45) is 3.16. The molecule has 1 heterocycles. The van der Waals surface area contributed by atoms with Crippen molar-refractivity contribution in [3.8, 4) is 0 Å². The van der Waals surface area contributed by atoms with Gasteiger partial charge in [0.1, 0.15) is 4.99 Å². The summed E-state index contributed by atoms with van der Waals surface area (Å²) < 4.78 is 0.758. The van der Waals surface area contributed by atoms with Crippen LogP contribution in [-0.2, 0) is 0 Å². The first-order chi connectivity index (χ1) is 9.49. The zero-order valence-corrected chi connectivity index (χ0v) is 13.1. The van der Waals surface area contributed by atoms with Gasteiger partial charge in [-0.2, -0.15) is 0 Å². The maximum absolute atomic E-state index is 12.4. The molecule has 2 rings (SSSR count). The van der Waals surface area contributed by atoms with Crippen LogP contribution in [0.1, 0.15) is 15.9 Å². The number of pyridine rings is 1. The second kappa shape index (κ2) is 6.11. The smallest absolute Gasteiger partial charge is 0.259 e. The molecule has 0 bridgehead atoms. The molecule has 6 heteroatoms. The summed E-state index contributed by atoms with van der Waals surface area (Å²) in [5, 5.41) is 0. The molecule has 4 nitrogen and oxygen atoms in total. The molecular weight excluding hydrogens is 338 g/mol. The Labute approximate surface area is 130 Å². The number of anilines is 1. The summed E-state index contributed by atoms with van der Waals surface area (Å²) in [6.45, 7) is 0. The number of nitrogens with zero attached hydrogens (tertiary/aromatic N) is 2. The van der Waals surface area contributed by atoms with Gasteiger partial charge in [0.15, 0.2) is 0 Å². The lowest BCUT2D eigenvalue weighted by atomic mass is 10.1. The first-order valence-corrected chi connectivity index (χ1v) is 6.97. The predicted octanol–water partition coefficient (Wildman–Crippen LogP) is 2.75. The molecule has 1 amide bonds. The molecule has 2 aromatic rings. The van der Waals surface area contributed by atoms with Gasteiger partial charge in [-0.1, -0.05) is 24.4 Å². The number of amides is 1. The van der Waals surface area contributed by atoms with Crippen LogP contribution in [0.2, 0.25) is 0 Å². The molecular formula is C14H12BrN3OS. The maximum atomic E-state index is 12.4. The monoisotopic (exact) mass is 349 g/mol. The average molecular weight is 350 g/mol. The highest BCUT2D eigenvalue weighted by Gasteiger charge is 2.14. The van der Waals surface area contributed by atoms with Crippen molar-refractivity contribution < 1.29 is 4.79 Å². The Morgan fingerprint density at radius 3 is 2.70 bits per heavy atom. The van der Waals surface area contributed by atoms with Crippen molar-refractivity contribution in [2.45, 2.75) is 0 Å². The van der Waals surface area contributed by atoms with Crippen LogP contribution in [0.3, 0.4) is 0 Å². The second-order valence-corrected chi connectivity index (χ2v) is 5.53. The number of carbonyl (C=O) groups excluding carboxylic acids is 1. The number of halogens is 1. The van der Waals surface area contributed by atoms with Gasteiger partial charge in [-0.3, -0.25) is 9.78 Å². The average Bonchev–Trinajstić information content (AvgIpc) is 2.45. The molecule has 0 fully saturated rings. The standard InChI is InChI=1S/C14H12BrN3OS/c1-18(12-4-2-3-9(6-12)13(16)20)14(19)10-5-11(15)8-17-7-10/h2-8H,1H3,(H2,16,20). The minimum atomic E-state index is -0.154. The normalized spacial score (nSPS) is 10.1. The highest BCUT2D eigenvalue weighted by molar-refractivity contribution is 9.10. The highest BCUT2D eigenvalue weighted by Crippen LogP contribution is 2.18. The van der Waals surface area contributed by atoms with Crippen molar-refractivity contribution in [1.29, 1.82) is 0 Å². The molecule has 0 aliphatic rings. The van der Waals surface area contributed by atoms with Gasteiger partial charge in [-0.05, 0) is 34.1 Å². The number of benzene rings is 1. The van der Waals surface area contributed by atoms with Crippen LogP contribution < -0.4 is 10.6 Å². The predicted molar refractivity (Wildman–Crippen MR) is 87.0 cm³/mol. The summed E-state index contributed by atoms with van der Waals surface area (Å²) in [5.41, 5.74) is 7.55. The first kappa shape index (κ1) is 14.6. The van der Waals surface area contributed by atoms with E-state index in [2.05, 4.69) is 20.9 Å². The van der Waals surface area contributed by atoms with Crippen LogP contribution in [0.5, 0.6) is 0 Å². The number of hydrogen-bond donors (Lipinski definition) is 1. The van der Waals surface area contributed by atoms with Gasteiger partial charge in [0.05, 0.1) is 5.56 Å². The SMILES string of the molecule is CN(C(=O)c1cncc(Br)c1)c1cccc(C(N)=S)c1. The zero-order chi connectivity index (χ0) is 14.7. The van der Waals surface area contributed by atoms with Crippen LogP contribution in [-0.4, -0.2) is 22.9 Å². The van der Waals surface area contributed by atoms with Gasteiger partial charge in [-0.25, -0.2) is 0 Å². The van der Waals surface area contributed by atoms with E-state index >= 15 is 0 Å². The van der Waals surface area contributed by atoms with Crippen molar-refractivity contribution in [2.75, 3.05) is 11.9 Å². The molecule has 0 atom stereocenters. The van der Waals surface area contributed by atoms with Crippen molar-refractivity contribution in [3.05, 3.63) is 58.3 Å². The molecule has 20 heavy (non-hydrogen) atoms. The Balaban J connectivity index is 2.31. The maximum Gasteiger partial charge on any atom is 0.259 e. The Kier molecular flexibility index (Phi) is 4.46. The molecule has 0 saturated carbocycles. The van der Waals surface area contributed by atoms with Crippen LogP contribution in [0.4, 0.5) is 5.69 Å². The summed E-state index contributed by atoms with van der Waals surface area (Å²) >= 11 is 8.24. The van der Waals surface area contributed by atoms with Gasteiger partial charge in [0, 0.05) is 35.2 Å². The van der Waals surface area contributed by atoms with Gasteiger partial charge in [0.2, 0.25) is 0 Å². The third kappa shape index (κ3) is 3.20. The lowest BCUT2D eigenvalue weighted by molar-refractivity contribution is 0.0992. The Hall–Kier alpha value is -1.79. The van der Waals surface area contributed by atoms with Gasteiger partial charge >= 0.3 is 0 Å². The lowest BCUT2D eigenvalue weighted by Crippen LogP contribution is -2.26. The summed E-state index contributed by atoms with van der Waals surface area (Å²) in [4.78, 5) is 18.2. The van der Waals surface area contributed by atoms with E-state index in [1.165, 1.54) is 11.1 Å². The fourth-order valence-electron chi connectivity index (χ4n) is 1.71. The number of thiocarbonyl (C=S) groups is 1. The van der Waals surface area contributed by atoms with E-state index in [1.54, 1.807) is 25.4 Å². The minimum Gasteiger partial charge on any atom is -0.389 e. The molecule has 102 valence electrons. The summed E-state index contributed by atoms with van der Waals surface area (Å²) in [6, 6.07) is 8.96. The van der Waals surface area contributed by atoms with Gasteiger partial charge in [0.25, 0.3) is 5.91 Å². The van der Waals surface area contributed by atoms with E-state index in [9.17, 15) is 4.79 Å². The van der Waals surface area contributed by atoms with Crippen LogP contribution >= 0.6 is 28.1 Å². The molecule has 0 unspecified atom stereocenters. The van der Waals surface area contributed by atoms with Gasteiger partial charge in [-0.15, -0.1) is 0 Å². The quantitative estimate of drug-likeness (QED) is 0.865. The summed E-state index contributed by atoms with van der Waals surface area (Å²) in [7, 11) is 1.70. The Morgan fingerprint density at radius 2 is 2.05 bits per heavy atom. The molecule has 0 radical (unpaired) electrons. The fraction of sp³-hybridized carbons (Fsp3) is 0.0714. The highest BCUT2D eigenvalue weighted by atomic mass is 79.9. The Morgan fingerprint density at radius 1 is 1.30 bits per heavy atom. The zero-order valence-electron chi connectivity index (χ0n) is 10.7. The third-order valence-corrected chi connectivity index (χ3v) is 3.44. The second-order valence-electron chi connectivity index (χ2n) is 4.17. The number of hydrogen-bond acceptors (Lipinski definition) is 3. The summed E-state index contributed by atoms with van der Waals surface area (Å²) in [5.74, 6) is -0.154. The third-order valence-electron chi connectivity index (χ3n) is 2.77. The van der Waals surface area contributed by atoms with E-state index < -0.39 is 0 Å². The molecule has 0 aliphatic carbocycles. The van der Waals surface area contributed by atoms with Crippen LogP contribution in [0.25, 0.3) is 0 Å². The lowest BCUT2D eigenvalue weighted by Gasteiger charge is -2.18. The van der Waals surface area contributed by atoms with Crippen molar-refractivity contribution in [1.82, 2.24) is 4.98 Å². The fourth-order valence-corrected chi connectivity index (χ4v) is 2.20. The van der Waals surface area contributed by atoms with Crippen molar-refractivity contribution in [3.63, 3.8) is 0 Å². The van der Waals surface area contributed by atoms with E-state index in [0.29, 0.717) is 10.6 Å². The molecule has 0 saturated heterocycles. The van der Waals surface area contributed by atoms with E-state index in [0.717, 1.165) is 15.7 Å². The molecule has 1 aromatic carbocycles. The minimum absolute atomic E-state index is 0.154. The van der Waals surface area contributed by atoms with E-state index in [1.807, 2.05) is 18.2 Å². The molecule has 1 aromatic heterocycles.